The number of nitrogens with one attached hydrogen (secondary N) is 1. The Hall–Kier alpha value is -2.15. The van der Waals surface area contributed by atoms with Gasteiger partial charge in [-0.15, -0.1) is 0 Å². The Balaban J connectivity index is 1.46. The van der Waals surface area contributed by atoms with Gasteiger partial charge in [0.15, 0.2) is 0 Å². The molecule has 0 amide bonds. The molecule has 6 heteroatoms. The van der Waals surface area contributed by atoms with Crippen molar-refractivity contribution in [3.05, 3.63) is 70.8 Å². The predicted octanol–water partition coefficient (Wildman–Crippen LogP) is 4.15. The molecule has 0 saturated carbocycles. The van der Waals surface area contributed by atoms with Crippen molar-refractivity contribution >= 4 is 15.7 Å². The van der Waals surface area contributed by atoms with E-state index in [1.807, 2.05) is 12.1 Å². The van der Waals surface area contributed by atoms with Gasteiger partial charge in [0.05, 0.1) is 24.2 Å². The molecule has 0 aromatic heterocycles. The van der Waals surface area contributed by atoms with Crippen LogP contribution in [-0.2, 0) is 14.8 Å². The Labute approximate surface area is 178 Å². The molecule has 1 N–H and O–H groups in total. The third-order valence-electron chi connectivity index (χ3n) is 6.66. The molecule has 2 aliphatic heterocycles. The minimum absolute atomic E-state index is 0.166. The SMILES string of the molecule is Cc1cc(C)c2c(c1)[C@@H]1C=CC[C@@H]1[C@@H](c1ccc(S(=O)(=O)N3CCOCC3)cc1)N2. The van der Waals surface area contributed by atoms with E-state index in [9.17, 15) is 8.42 Å². The summed E-state index contributed by atoms with van der Waals surface area (Å²) in [6.07, 6.45) is 5.66. The van der Waals surface area contributed by atoms with Crippen LogP contribution in [0.2, 0.25) is 0 Å². The second kappa shape index (κ2) is 7.52. The smallest absolute Gasteiger partial charge is 0.243 e. The highest BCUT2D eigenvalue weighted by Crippen LogP contribution is 2.50. The third-order valence-corrected chi connectivity index (χ3v) is 8.57. The normalized spacial score (nSPS) is 26.1. The number of nitrogens with zero attached hydrogens (tertiary/aromatic N) is 1. The van der Waals surface area contributed by atoms with E-state index in [4.69, 9.17) is 4.74 Å². The van der Waals surface area contributed by atoms with E-state index in [-0.39, 0.29) is 6.04 Å². The molecule has 0 bridgehead atoms. The first kappa shape index (κ1) is 19.8. The van der Waals surface area contributed by atoms with Crippen molar-refractivity contribution in [2.45, 2.75) is 37.1 Å². The largest absolute Gasteiger partial charge is 0.379 e. The zero-order valence-corrected chi connectivity index (χ0v) is 18.3. The monoisotopic (exact) mass is 424 g/mol. The first-order chi connectivity index (χ1) is 14.4. The summed E-state index contributed by atoms with van der Waals surface area (Å²) < 4.78 is 32.7. The molecule has 5 rings (SSSR count). The highest BCUT2D eigenvalue weighted by molar-refractivity contribution is 7.89. The lowest BCUT2D eigenvalue weighted by Crippen LogP contribution is -2.40. The molecule has 1 aliphatic carbocycles. The molecule has 1 fully saturated rings. The maximum atomic E-state index is 12.9. The zero-order chi connectivity index (χ0) is 20.9. The van der Waals surface area contributed by atoms with Crippen molar-refractivity contribution in [1.29, 1.82) is 0 Å². The van der Waals surface area contributed by atoms with Gasteiger partial charge in [0.2, 0.25) is 10.0 Å². The van der Waals surface area contributed by atoms with Gasteiger partial charge < -0.3 is 10.1 Å². The lowest BCUT2D eigenvalue weighted by molar-refractivity contribution is 0.0730. The van der Waals surface area contributed by atoms with Crippen molar-refractivity contribution in [3.8, 4) is 0 Å². The quantitative estimate of drug-likeness (QED) is 0.752. The minimum atomic E-state index is -3.47. The summed E-state index contributed by atoms with van der Waals surface area (Å²) in [5.41, 5.74) is 6.31. The Morgan fingerprint density at radius 3 is 2.53 bits per heavy atom. The van der Waals surface area contributed by atoms with Crippen molar-refractivity contribution in [1.82, 2.24) is 4.31 Å². The van der Waals surface area contributed by atoms with Crippen molar-refractivity contribution < 1.29 is 13.2 Å². The second-order valence-corrected chi connectivity index (χ2v) is 10.5. The summed E-state index contributed by atoms with van der Waals surface area (Å²) in [5.74, 6) is 0.849. The van der Waals surface area contributed by atoms with Gasteiger partial charge >= 0.3 is 0 Å². The summed E-state index contributed by atoms with van der Waals surface area (Å²) in [7, 11) is -3.47. The molecule has 0 unspecified atom stereocenters. The van der Waals surface area contributed by atoms with Crippen LogP contribution >= 0.6 is 0 Å². The molecule has 3 atom stereocenters. The summed E-state index contributed by atoms with van der Waals surface area (Å²) >= 11 is 0. The molecule has 158 valence electrons. The standard InChI is InChI=1S/C24H28N2O3S/c1-16-14-17(2)23-22(15-16)20-4-3-5-21(20)24(25-23)18-6-8-19(9-7-18)30(27,28)26-10-12-29-13-11-26/h3-4,6-9,14-15,20-21,24-25H,5,10-13H2,1-2H3/t20-,21+,24-/m1/s1. The average Bonchev–Trinajstić information content (AvgIpc) is 3.24. The summed E-state index contributed by atoms with van der Waals surface area (Å²) in [6.45, 7) is 6.06. The van der Waals surface area contributed by atoms with Gasteiger partial charge in [-0.1, -0.05) is 42.0 Å². The van der Waals surface area contributed by atoms with E-state index in [0.717, 1.165) is 12.0 Å². The Kier molecular flexibility index (Phi) is 4.96. The molecule has 5 nitrogen and oxygen atoms in total. The summed E-state index contributed by atoms with van der Waals surface area (Å²) in [6, 6.07) is 12.2. The molecule has 2 heterocycles. The van der Waals surface area contributed by atoms with Crippen LogP contribution in [0.5, 0.6) is 0 Å². The number of anilines is 1. The van der Waals surface area contributed by atoms with Crippen LogP contribution in [0, 0.1) is 19.8 Å². The average molecular weight is 425 g/mol. The second-order valence-electron chi connectivity index (χ2n) is 8.61. The fourth-order valence-electron chi connectivity index (χ4n) is 5.19. The van der Waals surface area contributed by atoms with E-state index in [1.165, 1.54) is 26.7 Å². The van der Waals surface area contributed by atoms with Crippen LogP contribution in [0.4, 0.5) is 5.69 Å². The number of hydrogen-bond acceptors (Lipinski definition) is 4. The fourth-order valence-corrected chi connectivity index (χ4v) is 6.59. The van der Waals surface area contributed by atoms with Gasteiger partial charge in [-0.3, -0.25) is 0 Å². The van der Waals surface area contributed by atoms with E-state index in [2.05, 4.69) is 43.4 Å². The van der Waals surface area contributed by atoms with Crippen molar-refractivity contribution in [2.24, 2.45) is 5.92 Å². The van der Waals surface area contributed by atoms with E-state index in [0.29, 0.717) is 43.0 Å². The number of aryl methyl sites for hydroxylation is 2. The molecule has 2 aromatic rings. The number of sulfonamides is 1. The van der Waals surface area contributed by atoms with Gasteiger partial charge in [-0.05, 0) is 55.0 Å². The number of morpholine rings is 1. The molecule has 2 aromatic carbocycles. The number of ether oxygens (including phenoxy) is 1. The lowest BCUT2D eigenvalue weighted by Gasteiger charge is -2.38. The molecule has 1 saturated heterocycles. The van der Waals surface area contributed by atoms with Crippen LogP contribution < -0.4 is 5.32 Å². The van der Waals surface area contributed by atoms with Crippen LogP contribution in [0.25, 0.3) is 0 Å². The number of allylic oxidation sites excluding steroid dienone is 2. The van der Waals surface area contributed by atoms with Crippen molar-refractivity contribution in [2.75, 3.05) is 31.6 Å². The molecule has 30 heavy (non-hydrogen) atoms. The minimum Gasteiger partial charge on any atom is -0.379 e. The highest BCUT2D eigenvalue weighted by Gasteiger charge is 2.38. The maximum Gasteiger partial charge on any atom is 0.243 e. The number of rotatable bonds is 3. The topological polar surface area (TPSA) is 58.6 Å². The Morgan fingerprint density at radius 2 is 1.80 bits per heavy atom. The van der Waals surface area contributed by atoms with Gasteiger partial charge in [-0.25, -0.2) is 8.42 Å². The van der Waals surface area contributed by atoms with Gasteiger partial charge in [0.25, 0.3) is 0 Å². The van der Waals surface area contributed by atoms with Crippen LogP contribution in [0.15, 0.2) is 53.4 Å². The van der Waals surface area contributed by atoms with Crippen LogP contribution in [0.3, 0.4) is 0 Å². The fraction of sp³-hybridized carbons (Fsp3) is 0.417. The van der Waals surface area contributed by atoms with E-state index >= 15 is 0 Å². The maximum absolute atomic E-state index is 12.9. The van der Waals surface area contributed by atoms with Crippen LogP contribution in [-0.4, -0.2) is 39.0 Å². The first-order valence-electron chi connectivity index (χ1n) is 10.7. The first-order valence-corrected chi connectivity index (χ1v) is 12.1. The number of benzene rings is 2. The van der Waals surface area contributed by atoms with Gasteiger partial charge in [0, 0.05) is 24.7 Å². The summed E-state index contributed by atoms with van der Waals surface area (Å²) in [4.78, 5) is 0.359. The lowest BCUT2D eigenvalue weighted by atomic mass is 9.76. The zero-order valence-electron chi connectivity index (χ0n) is 17.5. The van der Waals surface area contributed by atoms with E-state index < -0.39 is 10.0 Å². The summed E-state index contributed by atoms with van der Waals surface area (Å²) in [5, 5.41) is 3.79. The van der Waals surface area contributed by atoms with Crippen molar-refractivity contribution in [3.63, 3.8) is 0 Å². The third kappa shape index (κ3) is 3.27. The Morgan fingerprint density at radius 1 is 1.07 bits per heavy atom. The molecule has 0 spiro atoms. The van der Waals surface area contributed by atoms with E-state index in [1.54, 1.807) is 12.1 Å². The Bertz CT molecular complexity index is 1090. The molecular weight excluding hydrogens is 396 g/mol. The number of hydrogen-bond donors (Lipinski definition) is 1. The van der Waals surface area contributed by atoms with Gasteiger partial charge in [0.1, 0.15) is 0 Å². The van der Waals surface area contributed by atoms with Crippen LogP contribution in [0.1, 0.15) is 40.6 Å². The molecule has 0 radical (unpaired) electrons. The molecular formula is C24H28N2O3S. The predicted molar refractivity (Wildman–Crippen MR) is 118 cm³/mol. The number of fused-ring (bicyclic) bond motifs is 3. The highest BCUT2D eigenvalue weighted by atomic mass is 32.2. The van der Waals surface area contributed by atoms with Gasteiger partial charge in [-0.2, -0.15) is 4.31 Å². The molecule has 3 aliphatic rings.